The second-order valence-electron chi connectivity index (χ2n) is 4.99. The number of nitrogens with one attached hydrogen (secondary N) is 1. The van der Waals surface area contributed by atoms with Gasteiger partial charge in [0, 0.05) is 11.1 Å². The largest absolute Gasteiger partial charge is 0.442 e. The molecule has 1 aliphatic heterocycles. The maximum atomic E-state index is 12.0. The molecule has 7 heteroatoms. The van der Waals surface area contributed by atoms with Crippen LogP contribution in [0, 0.1) is 6.92 Å². The minimum Gasteiger partial charge on any atom is -0.442 e. The molecule has 0 aliphatic carbocycles. The summed E-state index contributed by atoms with van der Waals surface area (Å²) in [5.74, 6) is 0. The van der Waals surface area contributed by atoms with Gasteiger partial charge in [0.05, 0.1) is 18.1 Å². The lowest BCUT2D eigenvalue weighted by molar-refractivity contribution is 0.143. The van der Waals surface area contributed by atoms with Crippen molar-refractivity contribution >= 4 is 49.9 Å². The van der Waals surface area contributed by atoms with Crippen molar-refractivity contribution in [1.82, 2.24) is 10.3 Å². The Bertz CT molecular complexity index is 713. The molecule has 110 valence electrons. The predicted molar refractivity (Wildman–Crippen MR) is 88.2 cm³/mol. The van der Waals surface area contributed by atoms with Crippen LogP contribution in [0.1, 0.15) is 12.6 Å². The van der Waals surface area contributed by atoms with Gasteiger partial charge in [0.2, 0.25) is 0 Å². The van der Waals surface area contributed by atoms with E-state index in [1.54, 1.807) is 4.90 Å². The smallest absolute Gasteiger partial charge is 0.415 e. The second-order valence-corrected chi connectivity index (χ2v) is 6.61. The number of aryl methyl sites for hydroxylation is 1. The highest BCUT2D eigenvalue weighted by molar-refractivity contribution is 7.80. The highest BCUT2D eigenvalue weighted by atomic mass is 32.1. The molecule has 1 saturated heterocycles. The first kappa shape index (κ1) is 14.2. The van der Waals surface area contributed by atoms with Crippen molar-refractivity contribution in [2.45, 2.75) is 20.0 Å². The van der Waals surface area contributed by atoms with E-state index in [0.29, 0.717) is 18.1 Å². The zero-order valence-electron chi connectivity index (χ0n) is 11.8. The van der Waals surface area contributed by atoms with E-state index in [9.17, 15) is 4.79 Å². The highest BCUT2D eigenvalue weighted by Gasteiger charge is 2.33. The number of amides is 1. The summed E-state index contributed by atoms with van der Waals surface area (Å²) in [4.78, 5) is 19.8. The van der Waals surface area contributed by atoms with E-state index in [1.807, 2.05) is 32.0 Å². The molecule has 1 atom stereocenters. The van der Waals surface area contributed by atoms with Crippen LogP contribution in [-0.2, 0) is 4.74 Å². The Morgan fingerprint density at radius 3 is 3.19 bits per heavy atom. The topological polar surface area (TPSA) is 54.5 Å². The molecule has 1 N–H and O–H groups in total. The number of hydrogen-bond acceptors (Lipinski definition) is 5. The number of rotatable bonds is 3. The number of nitrogens with zero attached hydrogens (tertiary/aromatic N) is 2. The Kier molecular flexibility index (Phi) is 3.77. The van der Waals surface area contributed by atoms with E-state index < -0.39 is 0 Å². The molecule has 1 amide bonds. The van der Waals surface area contributed by atoms with Crippen molar-refractivity contribution in [3.05, 3.63) is 23.9 Å². The van der Waals surface area contributed by atoms with Gasteiger partial charge in [-0.15, -0.1) is 0 Å². The third-order valence-corrected chi connectivity index (χ3v) is 4.44. The van der Waals surface area contributed by atoms with Crippen LogP contribution >= 0.6 is 23.6 Å². The Balaban J connectivity index is 1.79. The summed E-state index contributed by atoms with van der Waals surface area (Å²) in [6.07, 6.45) is -0.498. The predicted octanol–water partition coefficient (Wildman–Crippen LogP) is 2.87. The van der Waals surface area contributed by atoms with Crippen LogP contribution < -0.4 is 10.2 Å². The van der Waals surface area contributed by atoms with Gasteiger partial charge >= 0.3 is 6.09 Å². The number of anilines is 1. The SMILES string of the molecule is CC(=S)NC[C@H]1CN(c2cc3ccc(C)nc3s2)C(=O)O1. The quantitative estimate of drug-likeness (QED) is 0.881. The van der Waals surface area contributed by atoms with Gasteiger partial charge in [-0.05, 0) is 26.0 Å². The van der Waals surface area contributed by atoms with Crippen molar-refractivity contribution in [2.75, 3.05) is 18.0 Å². The number of thiocarbonyl (C=S) groups is 1. The first-order valence-electron chi connectivity index (χ1n) is 6.63. The number of aromatic nitrogens is 1. The van der Waals surface area contributed by atoms with Crippen LogP contribution in [0.5, 0.6) is 0 Å². The molecular formula is C14H15N3O2S2. The standard InChI is InChI=1S/C14H15N3O2S2/c1-8-3-4-10-5-12(21-13(10)16-8)17-7-11(19-14(17)18)6-15-9(2)20/h3-5,11H,6-7H2,1-2H3,(H,15,20)/t11-/m0/s1. The lowest BCUT2D eigenvalue weighted by Gasteiger charge is -2.10. The normalized spacial score (nSPS) is 18.1. The number of ether oxygens (including phenoxy) is 1. The first-order chi connectivity index (χ1) is 10.0. The molecule has 0 radical (unpaired) electrons. The Morgan fingerprint density at radius 1 is 1.62 bits per heavy atom. The molecule has 0 spiro atoms. The Labute approximate surface area is 131 Å². The Morgan fingerprint density at radius 2 is 2.43 bits per heavy atom. The number of pyridine rings is 1. The van der Waals surface area contributed by atoms with Crippen LogP contribution in [0.3, 0.4) is 0 Å². The number of fused-ring (bicyclic) bond motifs is 1. The summed E-state index contributed by atoms with van der Waals surface area (Å²) in [5.41, 5.74) is 0.971. The summed E-state index contributed by atoms with van der Waals surface area (Å²) >= 11 is 6.47. The van der Waals surface area contributed by atoms with Crippen molar-refractivity contribution in [1.29, 1.82) is 0 Å². The third kappa shape index (κ3) is 2.98. The lowest BCUT2D eigenvalue weighted by atomic mass is 10.3. The fourth-order valence-electron chi connectivity index (χ4n) is 2.20. The molecular weight excluding hydrogens is 306 g/mol. The summed E-state index contributed by atoms with van der Waals surface area (Å²) in [7, 11) is 0. The van der Waals surface area contributed by atoms with Gasteiger partial charge in [-0.25, -0.2) is 9.78 Å². The van der Waals surface area contributed by atoms with Crippen LogP contribution in [-0.4, -0.2) is 35.3 Å². The first-order valence-corrected chi connectivity index (χ1v) is 7.85. The molecule has 0 aromatic carbocycles. The van der Waals surface area contributed by atoms with Crippen molar-refractivity contribution in [3.8, 4) is 0 Å². The highest BCUT2D eigenvalue weighted by Crippen LogP contribution is 2.33. The molecule has 2 aromatic heterocycles. The molecule has 1 aliphatic rings. The monoisotopic (exact) mass is 321 g/mol. The van der Waals surface area contributed by atoms with Crippen molar-refractivity contribution in [2.24, 2.45) is 0 Å². The minimum absolute atomic E-state index is 0.185. The molecule has 3 heterocycles. The molecule has 5 nitrogen and oxygen atoms in total. The van der Waals surface area contributed by atoms with Crippen LogP contribution in [0.4, 0.5) is 9.80 Å². The van der Waals surface area contributed by atoms with Crippen LogP contribution in [0.25, 0.3) is 10.2 Å². The zero-order chi connectivity index (χ0) is 15.0. The van der Waals surface area contributed by atoms with Gasteiger partial charge in [-0.1, -0.05) is 29.6 Å². The van der Waals surface area contributed by atoms with Gasteiger partial charge in [0.1, 0.15) is 15.9 Å². The third-order valence-electron chi connectivity index (χ3n) is 3.23. The fourth-order valence-corrected chi connectivity index (χ4v) is 3.36. The molecule has 3 rings (SSSR count). The van der Waals surface area contributed by atoms with E-state index in [0.717, 1.165) is 20.9 Å². The number of thiophene rings is 1. The maximum absolute atomic E-state index is 12.0. The lowest BCUT2D eigenvalue weighted by Crippen LogP contribution is -2.32. The summed E-state index contributed by atoms with van der Waals surface area (Å²) in [6.45, 7) is 4.84. The number of cyclic esters (lactones) is 1. The molecule has 0 unspecified atom stereocenters. The van der Waals surface area contributed by atoms with Gasteiger partial charge in [-0.2, -0.15) is 0 Å². The zero-order valence-corrected chi connectivity index (χ0v) is 13.4. The molecule has 0 bridgehead atoms. The van der Waals surface area contributed by atoms with Crippen molar-refractivity contribution in [3.63, 3.8) is 0 Å². The Hall–Kier alpha value is -1.73. The molecule has 21 heavy (non-hydrogen) atoms. The van der Waals surface area contributed by atoms with Crippen molar-refractivity contribution < 1.29 is 9.53 Å². The van der Waals surface area contributed by atoms with Gasteiger partial charge < -0.3 is 10.1 Å². The summed E-state index contributed by atoms with van der Waals surface area (Å²) < 4.78 is 5.35. The average Bonchev–Trinajstić information content (AvgIpc) is 2.99. The average molecular weight is 321 g/mol. The van der Waals surface area contributed by atoms with E-state index in [-0.39, 0.29) is 12.2 Å². The number of hydrogen-bond donors (Lipinski definition) is 1. The van der Waals surface area contributed by atoms with Crippen LogP contribution in [0.15, 0.2) is 18.2 Å². The minimum atomic E-state index is -0.313. The van der Waals surface area contributed by atoms with E-state index >= 15 is 0 Å². The number of carbonyl (C=O) groups is 1. The van der Waals surface area contributed by atoms with E-state index in [2.05, 4.69) is 10.3 Å². The van der Waals surface area contributed by atoms with Gasteiger partial charge in [0.25, 0.3) is 0 Å². The molecule has 1 fully saturated rings. The summed E-state index contributed by atoms with van der Waals surface area (Å²) in [5, 5.41) is 4.95. The fraction of sp³-hybridized carbons (Fsp3) is 0.357. The molecule has 2 aromatic rings. The van der Waals surface area contributed by atoms with Gasteiger partial charge in [0.15, 0.2) is 0 Å². The number of carbonyl (C=O) groups excluding carboxylic acids is 1. The van der Waals surface area contributed by atoms with E-state index in [4.69, 9.17) is 17.0 Å². The second kappa shape index (κ2) is 5.57. The van der Waals surface area contributed by atoms with Gasteiger partial charge in [-0.3, -0.25) is 4.90 Å². The summed E-state index contributed by atoms with van der Waals surface area (Å²) in [6, 6.07) is 5.97. The molecule has 0 saturated carbocycles. The van der Waals surface area contributed by atoms with Crippen LogP contribution in [0.2, 0.25) is 0 Å². The van der Waals surface area contributed by atoms with E-state index in [1.165, 1.54) is 11.3 Å². The maximum Gasteiger partial charge on any atom is 0.415 e.